The van der Waals surface area contributed by atoms with Crippen LogP contribution in [-0.4, -0.2) is 19.0 Å². The second kappa shape index (κ2) is 8.35. The number of aryl methyl sites for hydroxylation is 2. The van der Waals surface area contributed by atoms with E-state index in [1.165, 1.54) is 11.1 Å². The van der Waals surface area contributed by atoms with Crippen molar-refractivity contribution in [3.05, 3.63) is 77.0 Å². The molecule has 26 heavy (non-hydrogen) atoms. The van der Waals surface area contributed by atoms with Crippen LogP contribution in [0.1, 0.15) is 23.1 Å². The Balaban J connectivity index is 1.63. The van der Waals surface area contributed by atoms with Crippen molar-refractivity contribution in [3.63, 3.8) is 0 Å². The van der Waals surface area contributed by atoms with Crippen LogP contribution in [0.3, 0.4) is 0 Å². The van der Waals surface area contributed by atoms with Crippen LogP contribution >= 0.6 is 0 Å². The number of nitrogens with zero attached hydrogens (tertiary/aromatic N) is 2. The van der Waals surface area contributed by atoms with Crippen LogP contribution < -0.4 is 10.2 Å². The number of nitriles is 1. The van der Waals surface area contributed by atoms with Crippen LogP contribution in [0.5, 0.6) is 0 Å². The number of carbonyl (C=O) groups is 1. The van der Waals surface area contributed by atoms with Crippen LogP contribution in [0, 0.1) is 18.3 Å². The summed E-state index contributed by atoms with van der Waals surface area (Å²) in [6.07, 6.45) is 4.28. The van der Waals surface area contributed by atoms with Gasteiger partial charge in [-0.2, -0.15) is 5.26 Å². The van der Waals surface area contributed by atoms with Crippen molar-refractivity contribution in [2.45, 2.75) is 26.2 Å². The average Bonchev–Trinajstić information content (AvgIpc) is 2.68. The van der Waals surface area contributed by atoms with E-state index in [9.17, 15) is 10.1 Å². The van der Waals surface area contributed by atoms with Gasteiger partial charge >= 0.3 is 0 Å². The standard InChI is InChI=1S/C22H23N3O/c1-17-8-10-18(11-9-17)12-13-24-16-20(15-23)22(26)25-14-4-6-19-5-2-3-7-21(19)25/h2-3,5,7-11,16,24H,4,6,12-14H2,1H3/b20-16-. The first-order valence-electron chi connectivity index (χ1n) is 8.98. The van der Waals surface area contributed by atoms with E-state index in [1.807, 2.05) is 30.3 Å². The van der Waals surface area contributed by atoms with E-state index in [4.69, 9.17) is 0 Å². The van der Waals surface area contributed by atoms with Gasteiger partial charge in [0.1, 0.15) is 11.6 Å². The van der Waals surface area contributed by atoms with Crippen LogP contribution in [0.2, 0.25) is 0 Å². The first-order chi connectivity index (χ1) is 12.7. The summed E-state index contributed by atoms with van der Waals surface area (Å²) in [6, 6.07) is 18.3. The number of amides is 1. The van der Waals surface area contributed by atoms with E-state index in [0.717, 1.165) is 30.5 Å². The van der Waals surface area contributed by atoms with E-state index in [1.54, 1.807) is 11.1 Å². The number of carbonyl (C=O) groups excluding carboxylic acids is 1. The number of hydrogen-bond donors (Lipinski definition) is 1. The summed E-state index contributed by atoms with van der Waals surface area (Å²) in [4.78, 5) is 14.5. The summed E-state index contributed by atoms with van der Waals surface area (Å²) in [5.74, 6) is -0.234. The topological polar surface area (TPSA) is 56.1 Å². The predicted octanol–water partition coefficient (Wildman–Crippen LogP) is 3.51. The van der Waals surface area contributed by atoms with Gasteiger partial charge in [-0.1, -0.05) is 48.0 Å². The maximum Gasteiger partial charge on any atom is 0.270 e. The van der Waals surface area contributed by atoms with Crippen LogP contribution in [0.4, 0.5) is 5.69 Å². The molecule has 4 heteroatoms. The smallest absolute Gasteiger partial charge is 0.270 e. The Hall–Kier alpha value is -3.06. The maximum absolute atomic E-state index is 12.8. The summed E-state index contributed by atoms with van der Waals surface area (Å²) in [5, 5.41) is 12.5. The lowest BCUT2D eigenvalue weighted by atomic mass is 10.0. The zero-order chi connectivity index (χ0) is 18.4. The van der Waals surface area contributed by atoms with Crippen molar-refractivity contribution in [3.8, 4) is 6.07 Å². The molecule has 0 aliphatic carbocycles. The third kappa shape index (κ3) is 4.12. The van der Waals surface area contributed by atoms with Crippen molar-refractivity contribution in [2.24, 2.45) is 0 Å². The lowest BCUT2D eigenvalue weighted by Gasteiger charge is -2.29. The van der Waals surface area contributed by atoms with Crippen LogP contribution in [0.25, 0.3) is 0 Å². The maximum atomic E-state index is 12.8. The molecule has 0 saturated carbocycles. The number of para-hydroxylation sites is 1. The van der Waals surface area contributed by atoms with Crippen molar-refractivity contribution in [1.82, 2.24) is 5.32 Å². The number of fused-ring (bicyclic) bond motifs is 1. The van der Waals surface area contributed by atoms with Gasteiger partial charge in [0, 0.05) is 25.0 Å². The van der Waals surface area contributed by atoms with Crippen molar-refractivity contribution < 1.29 is 4.79 Å². The van der Waals surface area contributed by atoms with Gasteiger partial charge in [-0.15, -0.1) is 0 Å². The minimum atomic E-state index is -0.234. The Labute approximate surface area is 154 Å². The fourth-order valence-electron chi connectivity index (χ4n) is 3.18. The molecule has 0 bridgehead atoms. The fraction of sp³-hybridized carbons (Fsp3) is 0.273. The molecule has 132 valence electrons. The summed E-state index contributed by atoms with van der Waals surface area (Å²) in [7, 11) is 0. The fourth-order valence-corrected chi connectivity index (χ4v) is 3.18. The second-order valence-corrected chi connectivity index (χ2v) is 6.55. The van der Waals surface area contributed by atoms with Gasteiger partial charge in [-0.25, -0.2) is 0 Å². The molecule has 3 rings (SSSR count). The Morgan fingerprint density at radius 1 is 1.23 bits per heavy atom. The minimum absolute atomic E-state index is 0.144. The highest BCUT2D eigenvalue weighted by molar-refractivity contribution is 6.08. The minimum Gasteiger partial charge on any atom is -0.389 e. The monoisotopic (exact) mass is 345 g/mol. The molecule has 1 N–H and O–H groups in total. The lowest BCUT2D eigenvalue weighted by molar-refractivity contribution is -0.114. The molecule has 2 aromatic rings. The summed E-state index contributed by atoms with van der Waals surface area (Å²) in [5.41, 5.74) is 4.69. The SMILES string of the molecule is Cc1ccc(CCN/C=C(/C#N)C(=O)N2CCCc3ccccc32)cc1. The zero-order valence-corrected chi connectivity index (χ0v) is 15.0. The normalized spacial score (nSPS) is 13.7. The van der Waals surface area contributed by atoms with Crippen molar-refractivity contribution in [1.29, 1.82) is 5.26 Å². The van der Waals surface area contributed by atoms with Gasteiger partial charge in [-0.05, 0) is 43.4 Å². The highest BCUT2D eigenvalue weighted by Gasteiger charge is 2.24. The van der Waals surface area contributed by atoms with E-state index in [2.05, 4.69) is 36.5 Å². The highest BCUT2D eigenvalue weighted by atomic mass is 16.2. The van der Waals surface area contributed by atoms with Gasteiger partial charge in [0.15, 0.2) is 0 Å². The highest BCUT2D eigenvalue weighted by Crippen LogP contribution is 2.27. The molecule has 4 nitrogen and oxygen atoms in total. The molecule has 0 unspecified atom stereocenters. The van der Waals surface area contributed by atoms with Gasteiger partial charge in [0.2, 0.25) is 0 Å². The predicted molar refractivity (Wildman–Crippen MR) is 104 cm³/mol. The van der Waals surface area contributed by atoms with Gasteiger partial charge < -0.3 is 10.2 Å². The van der Waals surface area contributed by atoms with Gasteiger partial charge in [-0.3, -0.25) is 4.79 Å². The largest absolute Gasteiger partial charge is 0.389 e. The molecule has 0 atom stereocenters. The quantitative estimate of drug-likeness (QED) is 0.512. The molecule has 1 aliphatic rings. The average molecular weight is 345 g/mol. The number of anilines is 1. The van der Waals surface area contributed by atoms with E-state index < -0.39 is 0 Å². The van der Waals surface area contributed by atoms with E-state index >= 15 is 0 Å². The summed E-state index contributed by atoms with van der Waals surface area (Å²) in [6.45, 7) is 3.39. The number of rotatable bonds is 5. The first kappa shape index (κ1) is 17.8. The molecule has 0 saturated heterocycles. The number of nitrogens with one attached hydrogen (secondary N) is 1. The zero-order valence-electron chi connectivity index (χ0n) is 15.0. The molecule has 0 fully saturated rings. The van der Waals surface area contributed by atoms with Gasteiger partial charge in [0.25, 0.3) is 5.91 Å². The first-order valence-corrected chi connectivity index (χ1v) is 8.98. The number of hydrogen-bond acceptors (Lipinski definition) is 3. The Morgan fingerprint density at radius 3 is 2.77 bits per heavy atom. The Kier molecular flexibility index (Phi) is 5.70. The molecule has 1 heterocycles. The lowest BCUT2D eigenvalue weighted by Crippen LogP contribution is -2.36. The molecule has 1 aliphatic heterocycles. The third-order valence-electron chi connectivity index (χ3n) is 4.63. The van der Waals surface area contributed by atoms with Crippen molar-refractivity contribution in [2.75, 3.05) is 18.0 Å². The molecule has 0 aromatic heterocycles. The molecule has 2 aromatic carbocycles. The van der Waals surface area contributed by atoms with Crippen LogP contribution in [0.15, 0.2) is 60.3 Å². The van der Waals surface area contributed by atoms with E-state index in [-0.39, 0.29) is 11.5 Å². The molecule has 1 amide bonds. The van der Waals surface area contributed by atoms with Crippen molar-refractivity contribution >= 4 is 11.6 Å². The molecular formula is C22H23N3O. The molecule has 0 radical (unpaired) electrons. The van der Waals surface area contributed by atoms with Gasteiger partial charge in [0.05, 0.1) is 0 Å². The van der Waals surface area contributed by atoms with E-state index in [0.29, 0.717) is 13.1 Å². The molecule has 0 spiro atoms. The molecular weight excluding hydrogens is 322 g/mol. The number of benzene rings is 2. The van der Waals surface area contributed by atoms with Crippen LogP contribution in [-0.2, 0) is 17.6 Å². The summed E-state index contributed by atoms with van der Waals surface area (Å²) >= 11 is 0. The Morgan fingerprint density at radius 2 is 2.00 bits per heavy atom. The summed E-state index contributed by atoms with van der Waals surface area (Å²) < 4.78 is 0. The second-order valence-electron chi connectivity index (χ2n) is 6.55. The third-order valence-corrected chi connectivity index (χ3v) is 4.63. The Bertz CT molecular complexity index is 846.